The van der Waals surface area contributed by atoms with Crippen molar-refractivity contribution in [3.8, 4) is 112 Å². The molecule has 0 aliphatic heterocycles. The van der Waals surface area contributed by atoms with E-state index in [1.807, 2.05) is 259 Å². The van der Waals surface area contributed by atoms with Gasteiger partial charge in [0.05, 0.1) is 11.2 Å². The molecule has 0 N–H and O–H groups in total. The minimum atomic E-state index is 0. The van der Waals surface area contributed by atoms with Crippen LogP contribution in [0.4, 0.5) is 0 Å². The third-order valence-electron chi connectivity index (χ3n) is 23.4. The van der Waals surface area contributed by atoms with Crippen molar-refractivity contribution in [1.29, 1.82) is 0 Å². The second kappa shape index (κ2) is 55.4. The van der Waals surface area contributed by atoms with Crippen LogP contribution in [0, 0.1) is 88.1 Å². The van der Waals surface area contributed by atoms with E-state index in [-0.39, 0.29) is 91.3 Å². The van der Waals surface area contributed by atoms with Gasteiger partial charge in [0.25, 0.3) is 0 Å². The monoisotopic (exact) mass is 2620 g/mol. The average Bonchev–Trinajstić information content (AvgIpc) is 1.61. The minimum absolute atomic E-state index is 0. The number of pyridine rings is 8. The van der Waals surface area contributed by atoms with Crippen molar-refractivity contribution in [2.24, 2.45) is 11.8 Å². The number of aromatic nitrogens is 8. The molecule has 146 heavy (non-hydrogen) atoms. The first-order valence-corrected chi connectivity index (χ1v) is 48.2. The number of nitrogens with zero attached hydrogens (tertiary/aromatic N) is 8. The van der Waals surface area contributed by atoms with Crippen molar-refractivity contribution in [3.63, 3.8) is 0 Å². The van der Waals surface area contributed by atoms with Crippen LogP contribution in [-0.2, 0) is 104 Å². The Kier molecular flexibility index (Phi) is 42.6. The van der Waals surface area contributed by atoms with E-state index >= 15 is 0 Å². The Labute approximate surface area is 916 Å². The van der Waals surface area contributed by atoms with E-state index in [0.29, 0.717) is 11.8 Å². The summed E-state index contributed by atoms with van der Waals surface area (Å²) < 4.78 is 12.6. The molecule has 0 spiro atoms. The van der Waals surface area contributed by atoms with E-state index in [1.54, 1.807) is 12.4 Å². The summed E-state index contributed by atoms with van der Waals surface area (Å²) in [7, 11) is 0. The first-order valence-electron chi connectivity index (χ1n) is 48.2. The molecule has 0 saturated carbocycles. The second-order valence-electron chi connectivity index (χ2n) is 37.7. The maximum Gasteiger partial charge on any atom is 0.124 e. The maximum absolute atomic E-state index is 6.30. The van der Waals surface area contributed by atoms with Crippen molar-refractivity contribution >= 4 is 43.9 Å². The first kappa shape index (κ1) is 112. The minimum Gasteiger partial charge on any atom is -0.500 e. The van der Waals surface area contributed by atoms with Crippen molar-refractivity contribution in [2.45, 2.75) is 121 Å². The van der Waals surface area contributed by atoms with Gasteiger partial charge in [-0.15, -0.1) is 251 Å². The van der Waals surface area contributed by atoms with Gasteiger partial charge in [-0.2, -0.15) is 0 Å². The van der Waals surface area contributed by atoms with Crippen LogP contribution in [0.15, 0.2) is 422 Å². The molecular weight excluding hydrogens is 2500 g/mol. The van der Waals surface area contributed by atoms with Crippen molar-refractivity contribution < 1.29 is 89.3 Å². The summed E-state index contributed by atoms with van der Waals surface area (Å²) in [6.45, 7) is 30.3. The second-order valence-corrected chi connectivity index (χ2v) is 37.7. The van der Waals surface area contributed by atoms with Crippen LogP contribution < -0.4 is 0 Å². The zero-order valence-electron chi connectivity index (χ0n) is 84.6. The number of rotatable bonds is 14. The van der Waals surface area contributed by atoms with Crippen LogP contribution in [0.25, 0.3) is 156 Å². The number of furan rings is 2. The third kappa shape index (κ3) is 31.5. The molecule has 0 atom stereocenters. The van der Waals surface area contributed by atoms with Crippen LogP contribution in [0.5, 0.6) is 0 Å². The van der Waals surface area contributed by atoms with Gasteiger partial charge in [0.2, 0.25) is 0 Å². The Bertz CT molecular complexity index is 7350. The third-order valence-corrected chi connectivity index (χ3v) is 23.4. The summed E-state index contributed by atoms with van der Waals surface area (Å²) in [6, 6.07) is 148. The summed E-state index contributed by atoms with van der Waals surface area (Å²) in [6.07, 6.45) is 16.9. The Morgan fingerprint density at radius 2 is 0.534 bits per heavy atom. The van der Waals surface area contributed by atoms with Crippen LogP contribution in [0.1, 0.15) is 114 Å². The number of para-hydroxylation sites is 2. The molecule has 4 radical (unpaired) electrons. The van der Waals surface area contributed by atoms with E-state index in [2.05, 4.69) is 327 Å². The molecule has 22 aromatic rings. The summed E-state index contributed by atoms with van der Waals surface area (Å²) in [5, 5.41) is 4.60. The molecule has 12 aromatic carbocycles. The van der Waals surface area contributed by atoms with Crippen molar-refractivity contribution in [1.82, 2.24) is 39.9 Å². The molecule has 0 bridgehead atoms. The summed E-state index contributed by atoms with van der Waals surface area (Å²) >= 11 is 0. The fraction of sp³-hybridized carbons (Fsp3) is 0.152. The molecule has 10 aromatic heterocycles. The van der Waals surface area contributed by atoms with Gasteiger partial charge >= 0.3 is 0 Å². The van der Waals surface area contributed by atoms with Gasteiger partial charge in [-0.1, -0.05) is 273 Å². The Balaban J connectivity index is 0.000000160. The SMILES string of the molecule is CC(C)(C)c1ccnc(-c2[c-]ccc(-c3ccccc3)c2)c1.CC(C)(C)c1ccnc(-c2[c-]cccc2)c1.CC(C)Cc1cccc2c1oc1c(-c3ccccn3)[c-]ccc12.CC(C)Cc1cccc2c1oc1c(-c3ccccn3)[c-]ccc12.Cc1ccc(-c2[c-]ccc(-c3ccccc3)c2)nc1.Cc1ccc(-c2[c-]cccc2)nc1.Cc1ccc(-c2[c-]cccc2)nc1.Cc1ccc(-c2[c-]cccc2)nc1.[Ir].[Ir].[Ir].[Ir]. The smallest absolute Gasteiger partial charge is 0.124 e. The molecule has 0 aliphatic rings. The normalized spacial score (nSPS) is 10.6. The molecular formula is C132H116Ir4N8O2-8. The van der Waals surface area contributed by atoms with Gasteiger partial charge in [0, 0.05) is 141 Å². The van der Waals surface area contributed by atoms with Gasteiger partial charge in [0.1, 0.15) is 11.2 Å². The molecule has 0 amide bonds. The van der Waals surface area contributed by atoms with E-state index in [9.17, 15) is 0 Å². The summed E-state index contributed by atoms with van der Waals surface area (Å²) in [4.78, 5) is 35.2. The molecule has 740 valence electrons. The van der Waals surface area contributed by atoms with Crippen molar-refractivity contribution in [3.05, 3.63) is 507 Å². The molecule has 10 nitrogen and oxygen atoms in total. The standard InChI is InChI=1S/2C21H18NO.C21H20N.C18H14N.C15H16N.3C12H10N.4Ir/c2*1-14(2)13-15-7-5-8-16-17-9-6-10-18(21(17)23-20(15)16)19-11-3-4-12-22-19;1-21(2,3)19-12-13-22-20(15-19)18-11-7-10-17(14-18)16-8-5-4-6-9-16;1-14-10-11-18(19-13-14)17-9-5-8-16(12-17)15-6-3-2-4-7-15;1-15(2,3)13-9-10-16-14(11-13)12-7-5-4-6-8-12;3*1-10-7-8-12(13-9-10)11-5-3-2-4-6-11;;;;/h2*3-9,11-12,14H,13H2,1-2H3;4-10,12-15H,1-3H3;2-8,10-13H,1H3;4-7,9-11H,1-3H3;3*2-5,7-9H,1H3;;;;/q8*-1;;;;. The van der Waals surface area contributed by atoms with Crippen LogP contribution in [0.3, 0.4) is 0 Å². The van der Waals surface area contributed by atoms with Crippen LogP contribution in [0.2, 0.25) is 0 Å². The Hall–Kier alpha value is -14.0. The fourth-order valence-corrected chi connectivity index (χ4v) is 15.9. The maximum atomic E-state index is 6.30. The number of aryl methyl sites for hydroxylation is 4. The zero-order valence-corrected chi connectivity index (χ0v) is 94.1. The summed E-state index contributed by atoms with van der Waals surface area (Å²) in [5.74, 6) is 1.19. The van der Waals surface area contributed by atoms with E-state index in [4.69, 9.17) is 8.83 Å². The van der Waals surface area contributed by atoms with Gasteiger partial charge < -0.3 is 48.7 Å². The summed E-state index contributed by atoms with van der Waals surface area (Å²) in [5.41, 5.74) is 34.4. The number of fused-ring (bicyclic) bond motifs is 6. The van der Waals surface area contributed by atoms with Crippen molar-refractivity contribution in [2.75, 3.05) is 0 Å². The van der Waals surface area contributed by atoms with E-state index in [1.165, 1.54) is 77.5 Å². The quantitative estimate of drug-likeness (QED) is 0.0970. The molecule has 0 fully saturated rings. The number of benzene rings is 12. The molecule has 0 saturated heterocycles. The topological polar surface area (TPSA) is 129 Å². The predicted octanol–water partition coefficient (Wildman–Crippen LogP) is 33.7. The Morgan fingerprint density at radius 1 is 0.233 bits per heavy atom. The largest absolute Gasteiger partial charge is 0.500 e. The number of hydrogen-bond acceptors (Lipinski definition) is 10. The van der Waals surface area contributed by atoms with Gasteiger partial charge in [-0.3, -0.25) is 0 Å². The zero-order chi connectivity index (χ0) is 99.2. The average molecular weight is 2620 g/mol. The van der Waals surface area contributed by atoms with E-state index < -0.39 is 0 Å². The van der Waals surface area contributed by atoms with Crippen LogP contribution in [-0.4, -0.2) is 39.9 Å². The molecule has 10 heterocycles. The van der Waals surface area contributed by atoms with Crippen LogP contribution >= 0.6 is 0 Å². The molecule has 0 aliphatic carbocycles. The molecule has 22 rings (SSSR count). The molecule has 14 heteroatoms. The number of hydrogen-bond donors (Lipinski definition) is 0. The van der Waals surface area contributed by atoms with Gasteiger partial charge in [-0.25, -0.2) is 0 Å². The predicted molar refractivity (Wildman–Crippen MR) is 587 cm³/mol. The van der Waals surface area contributed by atoms with Gasteiger partial charge in [-0.05, 0) is 189 Å². The fourth-order valence-electron chi connectivity index (χ4n) is 15.9. The first-order chi connectivity index (χ1) is 69.0. The Morgan fingerprint density at radius 3 is 0.849 bits per heavy atom. The van der Waals surface area contributed by atoms with Gasteiger partial charge in [0.15, 0.2) is 0 Å². The van der Waals surface area contributed by atoms with E-state index in [0.717, 1.165) is 136 Å². The molecule has 0 unspecified atom stereocenters.